The van der Waals surface area contributed by atoms with Crippen LogP contribution in [0.2, 0.25) is 0 Å². The molecule has 0 fully saturated rings. The minimum atomic E-state index is -3.36. The Morgan fingerprint density at radius 2 is 2.12 bits per heavy atom. The number of rotatable bonds is 4. The smallest absolute Gasteiger partial charge is 0.309 e. The van der Waals surface area contributed by atoms with Crippen LogP contribution in [0.15, 0.2) is 18.2 Å². The van der Waals surface area contributed by atoms with Crippen LogP contribution >= 0.6 is 0 Å². The summed E-state index contributed by atoms with van der Waals surface area (Å²) in [6.45, 7) is 1.49. The first-order valence-corrected chi connectivity index (χ1v) is 4.61. The highest BCUT2D eigenvalue weighted by Crippen LogP contribution is 2.35. The van der Waals surface area contributed by atoms with Crippen LogP contribution in [0.3, 0.4) is 0 Å². The molecule has 0 amide bonds. The van der Waals surface area contributed by atoms with Crippen LogP contribution in [-0.4, -0.2) is 18.2 Å². The van der Waals surface area contributed by atoms with Gasteiger partial charge in [0.2, 0.25) is 0 Å². The topological polar surface area (TPSA) is 46.5 Å². The summed E-state index contributed by atoms with van der Waals surface area (Å²) in [6.07, 6.45) is -1.21. The molecule has 0 aliphatic heterocycles. The van der Waals surface area contributed by atoms with Gasteiger partial charge in [0.15, 0.2) is 0 Å². The van der Waals surface area contributed by atoms with Crippen molar-refractivity contribution in [3.63, 3.8) is 0 Å². The second-order valence-corrected chi connectivity index (χ2v) is 3.46. The molecule has 0 unspecified atom stereocenters. The van der Waals surface area contributed by atoms with Crippen LogP contribution in [0.4, 0.5) is 8.78 Å². The Kier molecular flexibility index (Phi) is 3.47. The van der Waals surface area contributed by atoms with E-state index in [2.05, 4.69) is 0 Å². The van der Waals surface area contributed by atoms with Crippen molar-refractivity contribution < 1.29 is 23.4 Å². The first-order valence-electron chi connectivity index (χ1n) is 4.61. The Hall–Kier alpha value is -1.65. The summed E-state index contributed by atoms with van der Waals surface area (Å²) >= 11 is 0. The number of hydrogen-bond acceptors (Lipinski definition) is 2. The lowest BCUT2D eigenvalue weighted by atomic mass is 10.00. The molecule has 0 spiro atoms. The van der Waals surface area contributed by atoms with Crippen molar-refractivity contribution in [3.05, 3.63) is 29.3 Å². The fourth-order valence-corrected chi connectivity index (χ4v) is 1.46. The standard InChI is InChI=1S/C11H12F2O3/c1-7-5-8(16-2)3-4-9(7)11(12,13)6-10(14)15/h3-5H,6H2,1-2H3,(H,14,15). The number of hydrogen-bond donors (Lipinski definition) is 1. The highest BCUT2D eigenvalue weighted by atomic mass is 19.3. The number of halogens is 2. The quantitative estimate of drug-likeness (QED) is 0.864. The van der Waals surface area contributed by atoms with Crippen molar-refractivity contribution in [1.29, 1.82) is 0 Å². The molecule has 0 saturated heterocycles. The van der Waals surface area contributed by atoms with Crippen LogP contribution in [0.1, 0.15) is 17.5 Å². The molecule has 0 aromatic heterocycles. The Balaban J connectivity index is 3.08. The molecule has 0 aliphatic carbocycles. The van der Waals surface area contributed by atoms with Gasteiger partial charge < -0.3 is 9.84 Å². The van der Waals surface area contributed by atoms with Gasteiger partial charge in [0.05, 0.1) is 7.11 Å². The third kappa shape index (κ3) is 2.68. The van der Waals surface area contributed by atoms with E-state index >= 15 is 0 Å². The van der Waals surface area contributed by atoms with Gasteiger partial charge in [0, 0.05) is 5.56 Å². The number of carbonyl (C=O) groups is 1. The Morgan fingerprint density at radius 3 is 2.56 bits per heavy atom. The lowest BCUT2D eigenvalue weighted by molar-refractivity contribution is -0.145. The molecule has 0 heterocycles. The third-order valence-corrected chi connectivity index (χ3v) is 2.20. The highest BCUT2D eigenvalue weighted by Gasteiger charge is 2.35. The molecule has 88 valence electrons. The first kappa shape index (κ1) is 12.4. The summed E-state index contributed by atoms with van der Waals surface area (Å²) in [6, 6.07) is 4.03. The van der Waals surface area contributed by atoms with Gasteiger partial charge in [0.1, 0.15) is 12.2 Å². The zero-order valence-corrected chi connectivity index (χ0v) is 8.96. The molecular formula is C11H12F2O3. The normalized spacial score (nSPS) is 11.2. The highest BCUT2D eigenvalue weighted by molar-refractivity contribution is 5.68. The van der Waals surface area contributed by atoms with Crippen molar-refractivity contribution in [1.82, 2.24) is 0 Å². The zero-order valence-electron chi connectivity index (χ0n) is 8.96. The molecule has 0 atom stereocenters. The van der Waals surface area contributed by atoms with Crippen molar-refractivity contribution in [2.24, 2.45) is 0 Å². The molecule has 1 rings (SSSR count). The van der Waals surface area contributed by atoms with Crippen LogP contribution in [0.25, 0.3) is 0 Å². The van der Waals surface area contributed by atoms with Gasteiger partial charge in [-0.05, 0) is 30.7 Å². The molecule has 0 radical (unpaired) electrons. The fourth-order valence-electron chi connectivity index (χ4n) is 1.46. The van der Waals surface area contributed by atoms with Crippen molar-refractivity contribution in [2.75, 3.05) is 7.11 Å². The molecular weight excluding hydrogens is 218 g/mol. The van der Waals surface area contributed by atoms with Gasteiger partial charge in [-0.1, -0.05) is 0 Å². The second kappa shape index (κ2) is 4.47. The lowest BCUT2D eigenvalue weighted by Gasteiger charge is -2.17. The maximum absolute atomic E-state index is 13.5. The van der Waals surface area contributed by atoms with Gasteiger partial charge in [-0.2, -0.15) is 0 Å². The van der Waals surface area contributed by atoms with E-state index in [1.165, 1.54) is 32.2 Å². The molecule has 0 saturated carbocycles. The molecule has 16 heavy (non-hydrogen) atoms. The van der Waals surface area contributed by atoms with E-state index in [1.54, 1.807) is 0 Å². The third-order valence-electron chi connectivity index (χ3n) is 2.20. The summed E-state index contributed by atoms with van der Waals surface area (Å²) in [5.41, 5.74) is 0.0290. The van der Waals surface area contributed by atoms with Gasteiger partial charge in [-0.15, -0.1) is 0 Å². The minimum Gasteiger partial charge on any atom is -0.497 e. The van der Waals surface area contributed by atoms with Gasteiger partial charge in [-0.3, -0.25) is 4.79 Å². The average molecular weight is 230 g/mol. The van der Waals surface area contributed by atoms with E-state index in [0.29, 0.717) is 11.3 Å². The van der Waals surface area contributed by atoms with E-state index in [4.69, 9.17) is 9.84 Å². The number of benzene rings is 1. The molecule has 3 nitrogen and oxygen atoms in total. The van der Waals surface area contributed by atoms with E-state index < -0.39 is 18.3 Å². The number of carboxylic acid groups (broad SMARTS) is 1. The van der Waals surface area contributed by atoms with Crippen molar-refractivity contribution in [3.8, 4) is 5.75 Å². The second-order valence-electron chi connectivity index (χ2n) is 3.46. The Labute approximate surface area is 91.7 Å². The molecule has 1 aromatic rings. The molecule has 0 bridgehead atoms. The van der Waals surface area contributed by atoms with E-state index in [-0.39, 0.29) is 5.56 Å². The van der Waals surface area contributed by atoms with Crippen LogP contribution in [0.5, 0.6) is 5.75 Å². The summed E-state index contributed by atoms with van der Waals surface area (Å²) in [4.78, 5) is 10.3. The van der Waals surface area contributed by atoms with Crippen molar-refractivity contribution in [2.45, 2.75) is 19.3 Å². The Bertz CT molecular complexity index is 402. The van der Waals surface area contributed by atoms with Gasteiger partial charge in [0.25, 0.3) is 5.92 Å². The molecule has 5 heteroatoms. The number of methoxy groups -OCH3 is 1. The number of aliphatic carboxylic acids is 1. The summed E-state index contributed by atoms with van der Waals surface area (Å²) in [5.74, 6) is -4.42. The van der Waals surface area contributed by atoms with Gasteiger partial charge >= 0.3 is 5.97 Å². The minimum absolute atomic E-state index is 0.282. The van der Waals surface area contributed by atoms with Crippen molar-refractivity contribution >= 4 is 5.97 Å². The summed E-state index contributed by atoms with van der Waals surface area (Å²) in [7, 11) is 1.43. The maximum Gasteiger partial charge on any atom is 0.309 e. The SMILES string of the molecule is COc1ccc(C(F)(F)CC(=O)O)c(C)c1. The van der Waals surface area contributed by atoms with Gasteiger partial charge in [-0.25, -0.2) is 8.78 Å². The first-order chi connectivity index (χ1) is 7.36. The predicted molar refractivity (Wildman–Crippen MR) is 53.9 cm³/mol. The number of alkyl halides is 2. The van der Waals surface area contributed by atoms with E-state index in [9.17, 15) is 13.6 Å². The van der Waals surface area contributed by atoms with E-state index in [0.717, 1.165) is 0 Å². The van der Waals surface area contributed by atoms with Crippen LogP contribution < -0.4 is 4.74 Å². The number of carboxylic acids is 1. The maximum atomic E-state index is 13.5. The fraction of sp³-hybridized carbons (Fsp3) is 0.364. The summed E-state index contributed by atoms with van der Waals surface area (Å²) in [5, 5.41) is 8.40. The summed E-state index contributed by atoms with van der Waals surface area (Å²) < 4.78 is 31.8. The largest absolute Gasteiger partial charge is 0.497 e. The van der Waals surface area contributed by atoms with E-state index in [1.807, 2.05) is 0 Å². The monoisotopic (exact) mass is 230 g/mol. The lowest BCUT2D eigenvalue weighted by Crippen LogP contribution is -2.19. The average Bonchev–Trinajstić information content (AvgIpc) is 2.14. The predicted octanol–water partition coefficient (Wildman–Crippen LogP) is 2.57. The van der Waals surface area contributed by atoms with Crippen LogP contribution in [-0.2, 0) is 10.7 Å². The molecule has 0 aliphatic rings. The zero-order chi connectivity index (χ0) is 12.3. The number of aryl methyl sites for hydroxylation is 1. The number of ether oxygens (including phenoxy) is 1. The molecule has 1 N–H and O–H groups in total. The van der Waals surface area contributed by atoms with Crippen LogP contribution in [0, 0.1) is 6.92 Å². The molecule has 1 aromatic carbocycles. The Morgan fingerprint density at radius 1 is 1.50 bits per heavy atom.